The highest BCUT2D eigenvalue weighted by Crippen LogP contribution is 2.28. The number of amides is 1. The van der Waals surface area contributed by atoms with Crippen molar-refractivity contribution >= 4 is 23.2 Å². The molecule has 0 fully saturated rings. The number of aryl methyl sites for hydroxylation is 1. The van der Waals surface area contributed by atoms with E-state index in [1.165, 1.54) is 25.5 Å². The molecular weight excluding hydrogens is 370 g/mol. The van der Waals surface area contributed by atoms with Crippen LogP contribution in [0.1, 0.15) is 11.4 Å². The van der Waals surface area contributed by atoms with Crippen molar-refractivity contribution in [3.8, 4) is 11.5 Å². The van der Waals surface area contributed by atoms with Crippen molar-refractivity contribution in [2.45, 2.75) is 20.1 Å². The minimum absolute atomic E-state index is 0.0477. The first-order chi connectivity index (χ1) is 13.5. The molecule has 0 bridgehead atoms. The van der Waals surface area contributed by atoms with E-state index in [0.717, 1.165) is 11.0 Å². The van der Waals surface area contributed by atoms with Crippen LogP contribution in [0.2, 0.25) is 0 Å². The molecule has 2 aromatic carbocycles. The van der Waals surface area contributed by atoms with Gasteiger partial charge in [0.25, 0.3) is 5.91 Å². The number of rotatable bonds is 7. The summed E-state index contributed by atoms with van der Waals surface area (Å²) in [5.41, 5.74) is 4.53. The van der Waals surface area contributed by atoms with Crippen LogP contribution < -0.4 is 14.9 Å². The number of benzene rings is 2. The molecule has 3 rings (SSSR count). The highest BCUT2D eigenvalue weighted by Gasteiger charge is 2.12. The summed E-state index contributed by atoms with van der Waals surface area (Å²) in [6, 6.07) is 11.9. The van der Waals surface area contributed by atoms with Crippen LogP contribution in [0.3, 0.4) is 0 Å². The zero-order chi connectivity index (χ0) is 20.1. The van der Waals surface area contributed by atoms with Crippen LogP contribution in [0.15, 0.2) is 47.6 Å². The highest BCUT2D eigenvalue weighted by atomic mass is 19.3. The molecule has 0 saturated heterocycles. The number of hydrazone groups is 1. The summed E-state index contributed by atoms with van der Waals surface area (Å²) < 4.78 is 36.1. The van der Waals surface area contributed by atoms with Crippen LogP contribution >= 0.6 is 0 Å². The third-order valence-electron chi connectivity index (χ3n) is 3.95. The number of ether oxygens (including phenoxy) is 2. The first-order valence-electron chi connectivity index (χ1n) is 8.34. The fourth-order valence-corrected chi connectivity index (χ4v) is 2.71. The summed E-state index contributed by atoms with van der Waals surface area (Å²) in [6.45, 7) is -1.11. The van der Waals surface area contributed by atoms with Crippen LogP contribution in [0, 0.1) is 6.92 Å². The second kappa shape index (κ2) is 8.47. The lowest BCUT2D eigenvalue weighted by Gasteiger charge is -2.10. The maximum Gasteiger partial charge on any atom is 0.387 e. The summed E-state index contributed by atoms with van der Waals surface area (Å²) in [5, 5.41) is 3.87. The second-order valence-electron chi connectivity index (χ2n) is 5.82. The van der Waals surface area contributed by atoms with Gasteiger partial charge in [0, 0.05) is 0 Å². The van der Waals surface area contributed by atoms with Gasteiger partial charge in [-0.2, -0.15) is 13.9 Å². The summed E-state index contributed by atoms with van der Waals surface area (Å²) in [5.74, 6) is 0.418. The molecule has 1 amide bonds. The molecule has 0 aliphatic heterocycles. The Labute approximate surface area is 159 Å². The second-order valence-corrected chi connectivity index (χ2v) is 5.82. The lowest BCUT2D eigenvalue weighted by atomic mass is 10.2. The molecule has 0 aliphatic carbocycles. The Kier molecular flexibility index (Phi) is 5.83. The maximum atomic E-state index is 12.5. The molecule has 0 spiro atoms. The van der Waals surface area contributed by atoms with E-state index in [-0.39, 0.29) is 24.0 Å². The molecule has 7 nitrogen and oxygen atoms in total. The molecule has 28 heavy (non-hydrogen) atoms. The Balaban J connectivity index is 1.67. The van der Waals surface area contributed by atoms with Crippen LogP contribution in [0.4, 0.5) is 8.78 Å². The molecule has 1 aromatic heterocycles. The third kappa shape index (κ3) is 4.43. The third-order valence-corrected chi connectivity index (χ3v) is 3.95. The average Bonchev–Trinajstić information content (AvgIpc) is 2.97. The molecule has 0 aliphatic rings. The number of carbonyl (C=O) groups excluding carboxylic acids is 1. The first-order valence-corrected chi connectivity index (χ1v) is 8.34. The largest absolute Gasteiger partial charge is 0.493 e. The summed E-state index contributed by atoms with van der Waals surface area (Å²) in [7, 11) is 1.35. The summed E-state index contributed by atoms with van der Waals surface area (Å²) in [6.07, 6.45) is 1.33. The van der Waals surface area contributed by atoms with Crippen molar-refractivity contribution in [2.75, 3.05) is 7.11 Å². The number of nitrogens with zero attached hydrogens (tertiary/aromatic N) is 3. The van der Waals surface area contributed by atoms with Gasteiger partial charge < -0.3 is 14.0 Å². The predicted octanol–water partition coefficient (Wildman–Crippen LogP) is 3.11. The quantitative estimate of drug-likeness (QED) is 0.498. The van der Waals surface area contributed by atoms with Crippen molar-refractivity contribution in [1.29, 1.82) is 0 Å². The van der Waals surface area contributed by atoms with E-state index in [1.807, 2.05) is 31.2 Å². The number of aromatic nitrogens is 2. The Morgan fingerprint density at radius 3 is 2.82 bits per heavy atom. The Morgan fingerprint density at radius 1 is 1.29 bits per heavy atom. The van der Waals surface area contributed by atoms with E-state index < -0.39 is 6.61 Å². The van der Waals surface area contributed by atoms with Crippen LogP contribution in [-0.2, 0) is 11.3 Å². The number of para-hydroxylation sites is 2. The van der Waals surface area contributed by atoms with Crippen molar-refractivity contribution in [3.05, 3.63) is 53.9 Å². The van der Waals surface area contributed by atoms with E-state index in [0.29, 0.717) is 11.4 Å². The molecule has 146 valence electrons. The molecule has 9 heteroatoms. The smallest absolute Gasteiger partial charge is 0.387 e. The first kappa shape index (κ1) is 19.3. The lowest BCUT2D eigenvalue weighted by molar-refractivity contribution is -0.121. The van der Waals surface area contributed by atoms with E-state index in [2.05, 4.69) is 20.2 Å². The van der Waals surface area contributed by atoms with Gasteiger partial charge in [0.15, 0.2) is 11.5 Å². The Hall–Kier alpha value is -3.49. The SMILES string of the molecule is COc1ccc(/C=N\NC(=O)Cn2c(C)nc3ccccc32)cc1OC(F)F. The van der Waals surface area contributed by atoms with Gasteiger partial charge in [-0.25, -0.2) is 10.4 Å². The zero-order valence-electron chi connectivity index (χ0n) is 15.2. The number of methoxy groups -OCH3 is 1. The summed E-state index contributed by atoms with van der Waals surface area (Å²) in [4.78, 5) is 16.6. The van der Waals surface area contributed by atoms with E-state index in [4.69, 9.17) is 4.74 Å². The van der Waals surface area contributed by atoms with E-state index in [1.54, 1.807) is 10.6 Å². The lowest BCUT2D eigenvalue weighted by Crippen LogP contribution is -2.23. The van der Waals surface area contributed by atoms with Crippen molar-refractivity contribution in [3.63, 3.8) is 0 Å². The number of hydrogen-bond donors (Lipinski definition) is 1. The standard InChI is InChI=1S/C19H18F2N4O3/c1-12-23-14-5-3-4-6-15(14)25(12)11-18(26)24-22-10-13-7-8-16(27-2)17(9-13)28-19(20)21/h3-10,19H,11H2,1-2H3,(H,24,26)/b22-10-. The number of hydrogen-bond acceptors (Lipinski definition) is 5. The topological polar surface area (TPSA) is 77.7 Å². The van der Waals surface area contributed by atoms with Gasteiger partial charge in [0.1, 0.15) is 12.4 Å². The fourth-order valence-electron chi connectivity index (χ4n) is 2.71. The number of fused-ring (bicyclic) bond motifs is 1. The van der Waals surface area contributed by atoms with Crippen molar-refractivity contribution in [2.24, 2.45) is 5.10 Å². The summed E-state index contributed by atoms with van der Waals surface area (Å²) >= 11 is 0. The number of carbonyl (C=O) groups is 1. The van der Waals surface area contributed by atoms with Crippen LogP contribution in [0.25, 0.3) is 11.0 Å². The van der Waals surface area contributed by atoms with Crippen LogP contribution in [-0.4, -0.2) is 35.4 Å². The van der Waals surface area contributed by atoms with Crippen molar-refractivity contribution < 1.29 is 23.0 Å². The van der Waals surface area contributed by atoms with Gasteiger partial charge in [-0.1, -0.05) is 12.1 Å². The molecule has 0 radical (unpaired) electrons. The molecule has 1 N–H and O–H groups in total. The number of alkyl halides is 2. The predicted molar refractivity (Wildman–Crippen MR) is 99.8 cm³/mol. The van der Waals surface area contributed by atoms with Gasteiger partial charge in [0.2, 0.25) is 0 Å². The molecule has 0 unspecified atom stereocenters. The zero-order valence-corrected chi connectivity index (χ0v) is 15.2. The normalized spacial score (nSPS) is 11.3. The monoisotopic (exact) mass is 388 g/mol. The van der Waals surface area contributed by atoms with Crippen molar-refractivity contribution in [1.82, 2.24) is 15.0 Å². The maximum absolute atomic E-state index is 12.5. The molecule has 0 saturated carbocycles. The Bertz CT molecular complexity index is 1020. The molecule has 1 heterocycles. The number of halogens is 2. The van der Waals surface area contributed by atoms with E-state index in [9.17, 15) is 13.6 Å². The van der Waals surface area contributed by atoms with Crippen LogP contribution in [0.5, 0.6) is 11.5 Å². The Morgan fingerprint density at radius 2 is 2.07 bits per heavy atom. The average molecular weight is 388 g/mol. The molecule has 3 aromatic rings. The number of nitrogens with one attached hydrogen (secondary N) is 1. The van der Waals surface area contributed by atoms with Gasteiger partial charge in [-0.3, -0.25) is 4.79 Å². The van der Waals surface area contributed by atoms with Gasteiger partial charge in [-0.05, 0) is 42.8 Å². The van der Waals surface area contributed by atoms with E-state index >= 15 is 0 Å². The minimum Gasteiger partial charge on any atom is -0.493 e. The fraction of sp³-hybridized carbons (Fsp3) is 0.211. The molecular formula is C19H18F2N4O3. The van der Waals surface area contributed by atoms with Gasteiger partial charge in [-0.15, -0.1) is 0 Å². The minimum atomic E-state index is -2.98. The molecule has 0 atom stereocenters. The van der Waals surface area contributed by atoms with Gasteiger partial charge in [0.05, 0.1) is 24.4 Å². The van der Waals surface area contributed by atoms with Gasteiger partial charge >= 0.3 is 6.61 Å². The number of imidazole rings is 1. The highest BCUT2D eigenvalue weighted by molar-refractivity contribution is 5.84.